The molecule has 1 aromatic heterocycles. The number of carbonyl (C=O) groups excluding carboxylic acids is 2. The number of hydrogen-bond acceptors (Lipinski definition) is 3. The lowest BCUT2D eigenvalue weighted by atomic mass is 10.1. The normalized spacial score (nSPS) is 10.9. The summed E-state index contributed by atoms with van der Waals surface area (Å²) in [6, 6.07) is 23.1. The molecule has 0 fully saturated rings. The first-order valence-corrected chi connectivity index (χ1v) is 11.3. The Morgan fingerprint density at radius 1 is 0.882 bits per heavy atom. The SMILES string of the molecule is Cc1cccc(-c2nn(-c3ccccc3)cc2C(=O)Nc2cc(NC(=O)C(C)C)ccc2C)c1. The highest BCUT2D eigenvalue weighted by Gasteiger charge is 2.20. The van der Waals surface area contributed by atoms with Gasteiger partial charge in [0.2, 0.25) is 5.91 Å². The number of nitrogens with one attached hydrogen (secondary N) is 2. The number of anilines is 2. The van der Waals surface area contributed by atoms with E-state index in [1.807, 2.05) is 94.4 Å². The van der Waals surface area contributed by atoms with Crippen LogP contribution in [0.2, 0.25) is 0 Å². The van der Waals surface area contributed by atoms with Crippen LogP contribution in [0.1, 0.15) is 35.3 Å². The highest BCUT2D eigenvalue weighted by Crippen LogP contribution is 2.27. The van der Waals surface area contributed by atoms with Crippen molar-refractivity contribution in [3.8, 4) is 16.9 Å². The maximum Gasteiger partial charge on any atom is 0.259 e. The van der Waals surface area contributed by atoms with E-state index >= 15 is 0 Å². The van der Waals surface area contributed by atoms with Gasteiger partial charge in [-0.05, 0) is 49.7 Å². The summed E-state index contributed by atoms with van der Waals surface area (Å²) in [7, 11) is 0. The van der Waals surface area contributed by atoms with Gasteiger partial charge in [0.1, 0.15) is 5.69 Å². The summed E-state index contributed by atoms with van der Waals surface area (Å²) in [5.74, 6) is -0.485. The molecule has 0 radical (unpaired) electrons. The van der Waals surface area contributed by atoms with Crippen molar-refractivity contribution in [2.24, 2.45) is 5.92 Å². The van der Waals surface area contributed by atoms with Crippen molar-refractivity contribution >= 4 is 23.2 Å². The zero-order valence-electron chi connectivity index (χ0n) is 19.8. The topological polar surface area (TPSA) is 76.0 Å². The van der Waals surface area contributed by atoms with E-state index in [4.69, 9.17) is 5.10 Å². The average molecular weight is 453 g/mol. The first-order chi connectivity index (χ1) is 16.3. The molecule has 0 saturated heterocycles. The molecule has 0 spiro atoms. The van der Waals surface area contributed by atoms with Crippen LogP contribution in [0, 0.1) is 19.8 Å². The fourth-order valence-electron chi connectivity index (χ4n) is 3.57. The van der Waals surface area contributed by atoms with Crippen molar-refractivity contribution in [2.75, 3.05) is 10.6 Å². The largest absolute Gasteiger partial charge is 0.326 e. The molecule has 4 aromatic rings. The number of aromatic nitrogens is 2. The summed E-state index contributed by atoms with van der Waals surface area (Å²) in [6.45, 7) is 7.60. The molecule has 6 nitrogen and oxygen atoms in total. The number of hydrogen-bond donors (Lipinski definition) is 2. The fourth-order valence-corrected chi connectivity index (χ4v) is 3.57. The molecule has 0 atom stereocenters. The second-order valence-electron chi connectivity index (χ2n) is 8.67. The maximum absolute atomic E-state index is 13.5. The van der Waals surface area contributed by atoms with Crippen LogP contribution in [0.4, 0.5) is 11.4 Å². The highest BCUT2D eigenvalue weighted by atomic mass is 16.2. The minimum absolute atomic E-state index is 0.0769. The standard InChI is InChI=1S/C28H28N4O2/c1-18(2)27(33)29-22-14-13-20(4)25(16-22)30-28(34)24-17-32(23-11-6-5-7-12-23)31-26(24)21-10-8-9-19(3)15-21/h5-18H,1-4H3,(H,29,33)(H,30,34). The number of rotatable bonds is 6. The van der Waals surface area contributed by atoms with Crippen LogP contribution in [0.5, 0.6) is 0 Å². The molecule has 4 rings (SSSR count). The van der Waals surface area contributed by atoms with Crippen molar-refractivity contribution in [1.29, 1.82) is 0 Å². The lowest BCUT2D eigenvalue weighted by Gasteiger charge is -2.13. The monoisotopic (exact) mass is 452 g/mol. The third-order valence-corrected chi connectivity index (χ3v) is 5.55. The van der Waals surface area contributed by atoms with Gasteiger partial charge in [0.05, 0.1) is 11.3 Å². The second-order valence-corrected chi connectivity index (χ2v) is 8.67. The van der Waals surface area contributed by atoms with Gasteiger partial charge in [0.25, 0.3) is 5.91 Å². The molecule has 0 bridgehead atoms. The average Bonchev–Trinajstić information content (AvgIpc) is 3.27. The molecule has 2 amide bonds. The van der Waals surface area contributed by atoms with Crippen LogP contribution in [-0.2, 0) is 4.79 Å². The highest BCUT2D eigenvalue weighted by molar-refractivity contribution is 6.08. The van der Waals surface area contributed by atoms with Crippen molar-refractivity contribution in [2.45, 2.75) is 27.7 Å². The summed E-state index contributed by atoms with van der Waals surface area (Å²) >= 11 is 0. The van der Waals surface area contributed by atoms with Crippen LogP contribution < -0.4 is 10.6 Å². The molecule has 6 heteroatoms. The van der Waals surface area contributed by atoms with Crippen LogP contribution in [-0.4, -0.2) is 21.6 Å². The van der Waals surface area contributed by atoms with Gasteiger partial charge in [-0.2, -0.15) is 5.10 Å². The van der Waals surface area contributed by atoms with E-state index in [0.717, 1.165) is 22.4 Å². The van der Waals surface area contributed by atoms with Crippen LogP contribution in [0.3, 0.4) is 0 Å². The van der Waals surface area contributed by atoms with E-state index < -0.39 is 0 Å². The Hall–Kier alpha value is -4.19. The Morgan fingerprint density at radius 3 is 2.35 bits per heavy atom. The molecular formula is C28H28N4O2. The molecule has 0 saturated carbocycles. The number of benzene rings is 3. The summed E-state index contributed by atoms with van der Waals surface area (Å²) in [4.78, 5) is 25.6. The predicted octanol–water partition coefficient (Wildman–Crippen LogP) is 6.00. The van der Waals surface area contributed by atoms with E-state index in [1.54, 1.807) is 16.9 Å². The van der Waals surface area contributed by atoms with Gasteiger partial charge in [0.15, 0.2) is 0 Å². The molecule has 2 N–H and O–H groups in total. The molecule has 1 heterocycles. The first-order valence-electron chi connectivity index (χ1n) is 11.3. The minimum Gasteiger partial charge on any atom is -0.326 e. The fraction of sp³-hybridized carbons (Fsp3) is 0.179. The molecular weight excluding hydrogens is 424 g/mol. The van der Waals surface area contributed by atoms with Crippen LogP contribution >= 0.6 is 0 Å². The third-order valence-electron chi connectivity index (χ3n) is 5.55. The van der Waals surface area contributed by atoms with E-state index in [2.05, 4.69) is 10.6 Å². The Balaban J connectivity index is 1.70. The second kappa shape index (κ2) is 9.75. The molecule has 0 unspecified atom stereocenters. The quantitative estimate of drug-likeness (QED) is 0.377. The van der Waals surface area contributed by atoms with E-state index in [0.29, 0.717) is 22.6 Å². The Morgan fingerprint density at radius 2 is 1.65 bits per heavy atom. The van der Waals surface area contributed by atoms with Gasteiger partial charge in [-0.15, -0.1) is 0 Å². The van der Waals surface area contributed by atoms with Gasteiger partial charge in [0, 0.05) is 29.1 Å². The summed E-state index contributed by atoms with van der Waals surface area (Å²) in [5.41, 5.74) is 6.05. The zero-order chi connectivity index (χ0) is 24.2. The van der Waals surface area contributed by atoms with Crippen LogP contribution in [0.15, 0.2) is 79.0 Å². The Kier molecular flexibility index (Phi) is 6.59. The van der Waals surface area contributed by atoms with E-state index in [-0.39, 0.29) is 17.7 Å². The smallest absolute Gasteiger partial charge is 0.259 e. The zero-order valence-corrected chi connectivity index (χ0v) is 19.8. The minimum atomic E-state index is -0.269. The first kappa shape index (κ1) is 23.0. The molecule has 0 aliphatic rings. The number of nitrogens with zero attached hydrogens (tertiary/aromatic N) is 2. The van der Waals surface area contributed by atoms with E-state index in [9.17, 15) is 9.59 Å². The summed E-state index contributed by atoms with van der Waals surface area (Å²) in [5, 5.41) is 10.7. The van der Waals surface area contributed by atoms with Crippen LogP contribution in [0.25, 0.3) is 16.9 Å². The third kappa shape index (κ3) is 5.07. The molecule has 172 valence electrons. The molecule has 0 aliphatic carbocycles. The van der Waals surface area contributed by atoms with Gasteiger partial charge in [-0.1, -0.05) is 61.9 Å². The van der Waals surface area contributed by atoms with Gasteiger partial charge < -0.3 is 10.6 Å². The summed E-state index contributed by atoms with van der Waals surface area (Å²) in [6.07, 6.45) is 1.75. The van der Waals surface area contributed by atoms with Crippen molar-refractivity contribution in [3.63, 3.8) is 0 Å². The number of aryl methyl sites for hydroxylation is 2. The van der Waals surface area contributed by atoms with Crippen molar-refractivity contribution in [1.82, 2.24) is 9.78 Å². The lowest BCUT2D eigenvalue weighted by Crippen LogP contribution is -2.18. The Bertz CT molecular complexity index is 1340. The Labute approximate surface area is 199 Å². The van der Waals surface area contributed by atoms with Gasteiger partial charge in [-0.3, -0.25) is 9.59 Å². The molecule has 0 aliphatic heterocycles. The van der Waals surface area contributed by atoms with Crippen molar-refractivity contribution in [3.05, 3.63) is 95.7 Å². The maximum atomic E-state index is 13.5. The summed E-state index contributed by atoms with van der Waals surface area (Å²) < 4.78 is 1.72. The lowest BCUT2D eigenvalue weighted by molar-refractivity contribution is -0.118. The number of para-hydroxylation sites is 1. The van der Waals surface area contributed by atoms with E-state index in [1.165, 1.54) is 0 Å². The van der Waals surface area contributed by atoms with Crippen molar-refractivity contribution < 1.29 is 9.59 Å². The predicted molar refractivity (Wildman–Crippen MR) is 136 cm³/mol. The number of amides is 2. The van der Waals surface area contributed by atoms with Gasteiger partial charge >= 0.3 is 0 Å². The molecule has 3 aromatic carbocycles. The number of carbonyl (C=O) groups is 2. The van der Waals surface area contributed by atoms with Gasteiger partial charge in [-0.25, -0.2) is 4.68 Å². The molecule has 34 heavy (non-hydrogen) atoms.